The molecule has 0 saturated carbocycles. The molecule has 19 heavy (non-hydrogen) atoms. The monoisotopic (exact) mass is 262 g/mol. The highest BCUT2D eigenvalue weighted by Gasteiger charge is 2.22. The second kappa shape index (κ2) is 6.44. The fraction of sp³-hybridized carbons (Fsp3) is 0.533. The summed E-state index contributed by atoms with van der Waals surface area (Å²) in [6.07, 6.45) is 0.412. The minimum atomic E-state index is -0.00634. The van der Waals surface area contributed by atoms with Crippen LogP contribution < -0.4 is 9.47 Å². The molecule has 0 heterocycles. The zero-order chi connectivity index (χ0) is 14.6. The molecule has 0 saturated heterocycles. The van der Waals surface area contributed by atoms with Crippen LogP contribution >= 0.6 is 0 Å². The van der Waals surface area contributed by atoms with Gasteiger partial charge in [-0.3, -0.25) is 0 Å². The Labute approximate surface area is 115 Å². The molecule has 1 unspecified atom stereocenters. The van der Waals surface area contributed by atoms with Crippen molar-refractivity contribution >= 4 is 0 Å². The van der Waals surface area contributed by atoms with Crippen molar-refractivity contribution in [2.75, 3.05) is 28.3 Å². The highest BCUT2D eigenvalue weighted by atomic mass is 16.5. The second-order valence-electron chi connectivity index (χ2n) is 4.79. The van der Waals surface area contributed by atoms with Crippen molar-refractivity contribution in [1.29, 1.82) is 5.26 Å². The molecule has 0 N–H and O–H groups in total. The molecular formula is C15H22N2O2. The predicted octanol–water partition coefficient (Wildman–Crippen LogP) is 2.84. The van der Waals surface area contributed by atoms with Gasteiger partial charge < -0.3 is 14.4 Å². The maximum atomic E-state index is 9.01. The molecule has 0 aliphatic rings. The van der Waals surface area contributed by atoms with Crippen LogP contribution in [0.15, 0.2) is 6.07 Å². The number of methoxy groups -OCH3 is 2. The SMILES string of the molecule is COc1cc(C(CC#N)N(C)C)c(OC)c(C)c1C. The number of ether oxygens (including phenoxy) is 2. The lowest BCUT2D eigenvalue weighted by Gasteiger charge is -2.26. The second-order valence-corrected chi connectivity index (χ2v) is 4.79. The molecule has 1 aromatic carbocycles. The average Bonchev–Trinajstić information content (AvgIpc) is 2.38. The van der Waals surface area contributed by atoms with E-state index < -0.39 is 0 Å². The summed E-state index contributed by atoms with van der Waals surface area (Å²) in [6.45, 7) is 4.02. The van der Waals surface area contributed by atoms with Crippen LogP contribution in [0.3, 0.4) is 0 Å². The molecule has 1 atom stereocenters. The van der Waals surface area contributed by atoms with Crippen LogP contribution in [0, 0.1) is 25.2 Å². The van der Waals surface area contributed by atoms with Crippen molar-refractivity contribution < 1.29 is 9.47 Å². The van der Waals surface area contributed by atoms with E-state index in [0.717, 1.165) is 28.2 Å². The fourth-order valence-electron chi connectivity index (χ4n) is 2.27. The largest absolute Gasteiger partial charge is 0.496 e. The lowest BCUT2D eigenvalue weighted by atomic mass is 9.96. The van der Waals surface area contributed by atoms with Gasteiger partial charge in [-0.05, 0) is 45.1 Å². The third-order valence-electron chi connectivity index (χ3n) is 3.51. The van der Waals surface area contributed by atoms with Gasteiger partial charge in [0, 0.05) is 5.56 Å². The molecule has 1 aromatic rings. The molecule has 0 aliphatic heterocycles. The third kappa shape index (κ3) is 2.99. The smallest absolute Gasteiger partial charge is 0.127 e. The van der Waals surface area contributed by atoms with Gasteiger partial charge in [-0.15, -0.1) is 0 Å². The van der Waals surface area contributed by atoms with Crippen LogP contribution in [0.2, 0.25) is 0 Å². The third-order valence-corrected chi connectivity index (χ3v) is 3.51. The van der Waals surface area contributed by atoms with Gasteiger partial charge in [0.15, 0.2) is 0 Å². The van der Waals surface area contributed by atoms with Gasteiger partial charge in [-0.2, -0.15) is 5.26 Å². The summed E-state index contributed by atoms with van der Waals surface area (Å²) in [4.78, 5) is 2.02. The normalized spacial score (nSPS) is 12.1. The van der Waals surface area contributed by atoms with Gasteiger partial charge in [-0.25, -0.2) is 0 Å². The van der Waals surface area contributed by atoms with Crippen molar-refractivity contribution in [3.8, 4) is 17.6 Å². The number of nitrogens with zero attached hydrogens (tertiary/aromatic N) is 2. The van der Waals surface area contributed by atoms with Crippen molar-refractivity contribution in [3.05, 3.63) is 22.8 Å². The zero-order valence-electron chi connectivity index (χ0n) is 12.6. The van der Waals surface area contributed by atoms with E-state index in [1.807, 2.05) is 38.9 Å². The fourth-order valence-corrected chi connectivity index (χ4v) is 2.27. The Balaban J connectivity index is 3.47. The molecule has 0 spiro atoms. The van der Waals surface area contributed by atoms with Gasteiger partial charge in [0.25, 0.3) is 0 Å². The van der Waals surface area contributed by atoms with E-state index in [9.17, 15) is 0 Å². The number of hydrogen-bond donors (Lipinski definition) is 0. The van der Waals surface area contributed by atoms with E-state index in [2.05, 4.69) is 6.07 Å². The first-order valence-corrected chi connectivity index (χ1v) is 6.23. The van der Waals surface area contributed by atoms with Crippen LogP contribution in [0.1, 0.15) is 29.2 Å². The molecule has 0 radical (unpaired) electrons. The predicted molar refractivity (Wildman–Crippen MR) is 75.7 cm³/mol. The Kier molecular flexibility index (Phi) is 5.20. The highest BCUT2D eigenvalue weighted by Crippen LogP contribution is 2.39. The first kappa shape index (κ1) is 15.3. The van der Waals surface area contributed by atoms with Gasteiger partial charge in [0.2, 0.25) is 0 Å². The average molecular weight is 262 g/mol. The van der Waals surface area contributed by atoms with E-state index in [-0.39, 0.29) is 6.04 Å². The van der Waals surface area contributed by atoms with E-state index in [1.165, 1.54) is 0 Å². The van der Waals surface area contributed by atoms with E-state index in [1.54, 1.807) is 14.2 Å². The lowest BCUT2D eigenvalue weighted by Crippen LogP contribution is -2.20. The van der Waals surface area contributed by atoms with Crippen LogP contribution in [-0.2, 0) is 0 Å². The summed E-state index contributed by atoms with van der Waals surface area (Å²) in [5, 5.41) is 9.01. The molecule has 0 amide bonds. The minimum absolute atomic E-state index is 0.00634. The zero-order valence-corrected chi connectivity index (χ0v) is 12.6. The van der Waals surface area contributed by atoms with Gasteiger partial charge in [0.05, 0.1) is 32.8 Å². The molecule has 0 aliphatic carbocycles. The maximum absolute atomic E-state index is 9.01. The topological polar surface area (TPSA) is 45.5 Å². The van der Waals surface area contributed by atoms with E-state index in [0.29, 0.717) is 6.42 Å². The van der Waals surface area contributed by atoms with Crippen LogP contribution in [0.4, 0.5) is 0 Å². The summed E-state index contributed by atoms with van der Waals surface area (Å²) in [5.41, 5.74) is 3.12. The molecular weight excluding hydrogens is 240 g/mol. The Morgan fingerprint density at radius 3 is 2.26 bits per heavy atom. The van der Waals surface area contributed by atoms with Crippen LogP contribution in [0.5, 0.6) is 11.5 Å². The van der Waals surface area contributed by atoms with Crippen LogP contribution in [-0.4, -0.2) is 33.2 Å². The summed E-state index contributed by atoms with van der Waals surface area (Å²) >= 11 is 0. The van der Waals surface area contributed by atoms with Crippen molar-refractivity contribution in [1.82, 2.24) is 4.90 Å². The lowest BCUT2D eigenvalue weighted by molar-refractivity contribution is 0.290. The van der Waals surface area contributed by atoms with Gasteiger partial charge >= 0.3 is 0 Å². The molecule has 0 bridgehead atoms. The first-order chi connectivity index (χ1) is 8.97. The summed E-state index contributed by atoms with van der Waals surface area (Å²) in [7, 11) is 7.25. The Morgan fingerprint density at radius 2 is 1.84 bits per heavy atom. The number of rotatable bonds is 5. The van der Waals surface area contributed by atoms with E-state index in [4.69, 9.17) is 14.7 Å². The Hall–Kier alpha value is -1.73. The summed E-state index contributed by atoms with van der Waals surface area (Å²) in [6, 6.07) is 4.20. The molecule has 0 aromatic heterocycles. The van der Waals surface area contributed by atoms with Gasteiger partial charge in [-0.1, -0.05) is 0 Å². The first-order valence-electron chi connectivity index (χ1n) is 6.23. The quantitative estimate of drug-likeness (QED) is 0.818. The molecule has 4 heteroatoms. The van der Waals surface area contributed by atoms with Crippen molar-refractivity contribution in [2.45, 2.75) is 26.3 Å². The number of benzene rings is 1. The number of hydrogen-bond acceptors (Lipinski definition) is 4. The number of nitriles is 1. The molecule has 1 rings (SSSR count). The summed E-state index contributed by atoms with van der Waals surface area (Å²) < 4.78 is 11.0. The molecule has 4 nitrogen and oxygen atoms in total. The highest BCUT2D eigenvalue weighted by molar-refractivity contribution is 5.53. The Morgan fingerprint density at radius 1 is 1.21 bits per heavy atom. The van der Waals surface area contributed by atoms with Gasteiger partial charge in [0.1, 0.15) is 11.5 Å². The van der Waals surface area contributed by atoms with Crippen LogP contribution in [0.25, 0.3) is 0 Å². The standard InChI is InChI=1S/C15H22N2O2/c1-10-11(2)15(19-6)12(9-14(10)18-5)13(7-8-16)17(3)4/h9,13H,7H2,1-6H3. The molecule has 104 valence electrons. The summed E-state index contributed by atoms with van der Waals surface area (Å²) in [5.74, 6) is 1.67. The minimum Gasteiger partial charge on any atom is -0.496 e. The van der Waals surface area contributed by atoms with E-state index >= 15 is 0 Å². The van der Waals surface area contributed by atoms with Crippen molar-refractivity contribution in [2.24, 2.45) is 0 Å². The molecule has 0 fully saturated rings. The Bertz CT molecular complexity index is 490. The maximum Gasteiger partial charge on any atom is 0.127 e. The van der Waals surface area contributed by atoms with Crippen molar-refractivity contribution in [3.63, 3.8) is 0 Å².